The topological polar surface area (TPSA) is 55.2 Å². The van der Waals surface area contributed by atoms with Crippen molar-refractivity contribution in [1.82, 2.24) is 0 Å². The SMILES string of the molecule is CCCc1ccccc1NCCc1ccc([N+](=O)[O-])cc1. The van der Waals surface area contributed by atoms with E-state index in [0.717, 1.165) is 31.4 Å². The van der Waals surface area contributed by atoms with Crippen LogP contribution in [0.15, 0.2) is 48.5 Å². The Morgan fingerprint density at radius 3 is 2.43 bits per heavy atom. The van der Waals surface area contributed by atoms with Crippen molar-refractivity contribution in [2.45, 2.75) is 26.2 Å². The molecule has 4 heteroatoms. The molecule has 21 heavy (non-hydrogen) atoms. The van der Waals surface area contributed by atoms with Crippen LogP contribution in [0, 0.1) is 10.1 Å². The minimum absolute atomic E-state index is 0.139. The van der Waals surface area contributed by atoms with E-state index < -0.39 is 0 Å². The Hall–Kier alpha value is -2.36. The highest BCUT2D eigenvalue weighted by molar-refractivity contribution is 5.51. The summed E-state index contributed by atoms with van der Waals surface area (Å²) < 4.78 is 0. The van der Waals surface area contributed by atoms with Crippen LogP contribution in [-0.2, 0) is 12.8 Å². The number of nitro groups is 1. The van der Waals surface area contributed by atoms with Gasteiger partial charge in [-0.1, -0.05) is 43.7 Å². The van der Waals surface area contributed by atoms with Crippen molar-refractivity contribution in [3.63, 3.8) is 0 Å². The van der Waals surface area contributed by atoms with Gasteiger partial charge in [0.15, 0.2) is 0 Å². The van der Waals surface area contributed by atoms with Crippen molar-refractivity contribution in [3.05, 3.63) is 69.8 Å². The molecule has 0 bridgehead atoms. The molecular weight excluding hydrogens is 264 g/mol. The molecule has 0 amide bonds. The molecule has 0 aromatic heterocycles. The number of anilines is 1. The first-order chi connectivity index (χ1) is 10.2. The van der Waals surface area contributed by atoms with Crippen LogP contribution in [0.4, 0.5) is 11.4 Å². The zero-order valence-electron chi connectivity index (χ0n) is 12.2. The number of benzene rings is 2. The van der Waals surface area contributed by atoms with Gasteiger partial charge in [0.1, 0.15) is 0 Å². The molecule has 2 rings (SSSR count). The molecule has 2 aromatic rings. The van der Waals surface area contributed by atoms with Gasteiger partial charge in [-0.3, -0.25) is 10.1 Å². The molecule has 0 aliphatic rings. The van der Waals surface area contributed by atoms with Crippen LogP contribution in [0.2, 0.25) is 0 Å². The second-order valence-electron chi connectivity index (χ2n) is 5.01. The molecule has 0 saturated carbocycles. The molecule has 0 aliphatic carbocycles. The lowest BCUT2D eigenvalue weighted by atomic mass is 10.1. The first-order valence-electron chi connectivity index (χ1n) is 7.26. The van der Waals surface area contributed by atoms with Gasteiger partial charge in [0.25, 0.3) is 5.69 Å². The number of hydrogen-bond acceptors (Lipinski definition) is 3. The first-order valence-corrected chi connectivity index (χ1v) is 7.26. The summed E-state index contributed by atoms with van der Waals surface area (Å²) in [5.41, 5.74) is 3.76. The molecule has 0 aliphatic heterocycles. The fourth-order valence-corrected chi connectivity index (χ4v) is 2.31. The van der Waals surface area contributed by atoms with E-state index >= 15 is 0 Å². The third kappa shape index (κ3) is 4.31. The number of non-ortho nitro benzene ring substituents is 1. The highest BCUT2D eigenvalue weighted by Gasteiger charge is 2.04. The number of nitrogens with zero attached hydrogens (tertiary/aromatic N) is 1. The van der Waals surface area contributed by atoms with Gasteiger partial charge in [-0.2, -0.15) is 0 Å². The van der Waals surface area contributed by atoms with Crippen LogP contribution >= 0.6 is 0 Å². The van der Waals surface area contributed by atoms with E-state index in [1.807, 2.05) is 18.2 Å². The van der Waals surface area contributed by atoms with Gasteiger partial charge in [0, 0.05) is 24.4 Å². The minimum Gasteiger partial charge on any atom is -0.384 e. The van der Waals surface area contributed by atoms with Crippen molar-refractivity contribution >= 4 is 11.4 Å². The summed E-state index contributed by atoms with van der Waals surface area (Å²) in [6, 6.07) is 15.1. The quantitative estimate of drug-likeness (QED) is 0.612. The maximum absolute atomic E-state index is 10.6. The largest absolute Gasteiger partial charge is 0.384 e. The Morgan fingerprint density at radius 1 is 1.05 bits per heavy atom. The van der Waals surface area contributed by atoms with E-state index in [4.69, 9.17) is 0 Å². The van der Waals surface area contributed by atoms with E-state index in [-0.39, 0.29) is 10.6 Å². The van der Waals surface area contributed by atoms with Gasteiger partial charge in [0.2, 0.25) is 0 Å². The third-order valence-electron chi connectivity index (χ3n) is 3.41. The summed E-state index contributed by atoms with van der Waals surface area (Å²) in [5.74, 6) is 0. The lowest BCUT2D eigenvalue weighted by Crippen LogP contribution is -2.07. The smallest absolute Gasteiger partial charge is 0.269 e. The molecule has 0 atom stereocenters. The molecule has 0 fully saturated rings. The van der Waals surface area contributed by atoms with Gasteiger partial charge in [-0.15, -0.1) is 0 Å². The second-order valence-corrected chi connectivity index (χ2v) is 5.01. The summed E-state index contributed by atoms with van der Waals surface area (Å²) in [4.78, 5) is 10.2. The molecule has 2 aromatic carbocycles. The molecular formula is C17H20N2O2. The summed E-state index contributed by atoms with van der Waals surface area (Å²) in [7, 11) is 0. The highest BCUT2D eigenvalue weighted by atomic mass is 16.6. The predicted octanol–water partition coefficient (Wildman–Crippen LogP) is 4.20. The summed E-state index contributed by atoms with van der Waals surface area (Å²) >= 11 is 0. The number of nitrogens with one attached hydrogen (secondary N) is 1. The number of rotatable bonds is 7. The number of para-hydroxylation sites is 1. The van der Waals surface area contributed by atoms with Gasteiger partial charge < -0.3 is 5.32 Å². The number of nitro benzene ring substituents is 1. The number of hydrogen-bond donors (Lipinski definition) is 1. The standard InChI is InChI=1S/C17H20N2O2/c1-2-5-15-6-3-4-7-17(15)18-13-12-14-8-10-16(11-9-14)19(20)21/h3-4,6-11,18H,2,5,12-13H2,1H3. The zero-order valence-corrected chi connectivity index (χ0v) is 12.2. The Labute approximate surface area is 125 Å². The van der Waals surface area contributed by atoms with Crippen LogP contribution < -0.4 is 5.32 Å². The van der Waals surface area contributed by atoms with Gasteiger partial charge in [-0.25, -0.2) is 0 Å². The van der Waals surface area contributed by atoms with Gasteiger partial charge in [0.05, 0.1) is 4.92 Å². The van der Waals surface area contributed by atoms with Gasteiger partial charge >= 0.3 is 0 Å². The average Bonchev–Trinajstić information content (AvgIpc) is 2.50. The number of aryl methyl sites for hydroxylation is 1. The van der Waals surface area contributed by atoms with E-state index in [2.05, 4.69) is 30.4 Å². The molecule has 0 spiro atoms. The zero-order chi connectivity index (χ0) is 15.1. The van der Waals surface area contributed by atoms with Crippen LogP contribution in [-0.4, -0.2) is 11.5 Å². The Morgan fingerprint density at radius 2 is 1.76 bits per heavy atom. The maximum atomic E-state index is 10.6. The van der Waals surface area contributed by atoms with Crippen molar-refractivity contribution in [1.29, 1.82) is 0 Å². The third-order valence-corrected chi connectivity index (χ3v) is 3.41. The highest BCUT2D eigenvalue weighted by Crippen LogP contribution is 2.17. The summed E-state index contributed by atoms with van der Waals surface area (Å²) in [6.07, 6.45) is 3.04. The lowest BCUT2D eigenvalue weighted by Gasteiger charge is -2.11. The van der Waals surface area contributed by atoms with Crippen LogP contribution in [0.25, 0.3) is 0 Å². The van der Waals surface area contributed by atoms with E-state index in [9.17, 15) is 10.1 Å². The van der Waals surface area contributed by atoms with Crippen LogP contribution in [0.5, 0.6) is 0 Å². The monoisotopic (exact) mass is 284 g/mol. The molecule has 0 radical (unpaired) electrons. The summed E-state index contributed by atoms with van der Waals surface area (Å²) in [6.45, 7) is 2.99. The fourth-order valence-electron chi connectivity index (χ4n) is 2.31. The molecule has 0 saturated heterocycles. The normalized spacial score (nSPS) is 10.3. The molecule has 110 valence electrons. The molecule has 0 heterocycles. The minimum atomic E-state index is -0.372. The molecule has 0 unspecified atom stereocenters. The average molecular weight is 284 g/mol. The maximum Gasteiger partial charge on any atom is 0.269 e. The van der Waals surface area contributed by atoms with Crippen molar-refractivity contribution in [2.75, 3.05) is 11.9 Å². The van der Waals surface area contributed by atoms with Crippen molar-refractivity contribution in [3.8, 4) is 0 Å². The van der Waals surface area contributed by atoms with E-state index in [1.54, 1.807) is 12.1 Å². The Kier molecular flexibility index (Phi) is 5.32. The van der Waals surface area contributed by atoms with E-state index in [0.29, 0.717) is 0 Å². The molecule has 1 N–H and O–H groups in total. The fraction of sp³-hybridized carbons (Fsp3) is 0.294. The Bertz CT molecular complexity index is 594. The van der Waals surface area contributed by atoms with Crippen LogP contribution in [0.1, 0.15) is 24.5 Å². The van der Waals surface area contributed by atoms with Crippen LogP contribution in [0.3, 0.4) is 0 Å². The Balaban J connectivity index is 1.91. The van der Waals surface area contributed by atoms with Crippen molar-refractivity contribution in [2.24, 2.45) is 0 Å². The summed E-state index contributed by atoms with van der Waals surface area (Å²) in [5, 5.41) is 14.1. The lowest BCUT2D eigenvalue weighted by molar-refractivity contribution is -0.384. The predicted molar refractivity (Wildman–Crippen MR) is 85.7 cm³/mol. The first kappa shape index (κ1) is 15.0. The van der Waals surface area contributed by atoms with E-state index in [1.165, 1.54) is 11.3 Å². The van der Waals surface area contributed by atoms with Gasteiger partial charge in [-0.05, 0) is 30.0 Å². The second kappa shape index (κ2) is 7.43. The van der Waals surface area contributed by atoms with Crippen molar-refractivity contribution < 1.29 is 4.92 Å². The molecule has 4 nitrogen and oxygen atoms in total.